The van der Waals surface area contributed by atoms with Crippen molar-refractivity contribution in [1.29, 1.82) is 0 Å². The maximum Gasteiger partial charge on any atom is 0.340 e. The molecule has 0 bridgehead atoms. The molecule has 4 aromatic carbocycles. The summed E-state index contributed by atoms with van der Waals surface area (Å²) in [5.74, 6) is 0.844. The largest absolute Gasteiger partial charge is 0.456 e. The number of benzene rings is 4. The quantitative estimate of drug-likeness (QED) is 0.175. The van der Waals surface area contributed by atoms with Crippen LogP contribution in [0.5, 0.6) is 11.5 Å². The van der Waals surface area contributed by atoms with Crippen LogP contribution in [0.2, 0.25) is 0 Å². The average Bonchev–Trinajstić information content (AvgIpc) is 3.23. The molecule has 2 heterocycles. The van der Waals surface area contributed by atoms with Gasteiger partial charge in [-0.05, 0) is 62.4 Å². The molecule has 190 valence electrons. The Morgan fingerprint density at radius 3 is 2.32 bits per heavy atom. The van der Waals surface area contributed by atoms with Crippen molar-refractivity contribution >= 4 is 28.7 Å². The number of nitrogens with zero attached hydrogens (tertiary/aromatic N) is 2. The molecule has 6 rings (SSSR count). The Hall–Kier alpha value is -4.85. The van der Waals surface area contributed by atoms with E-state index in [1.54, 1.807) is 18.2 Å². The number of rotatable bonds is 6. The highest BCUT2D eigenvalue weighted by molar-refractivity contribution is 5.97. The summed E-state index contributed by atoms with van der Waals surface area (Å²) in [5, 5.41) is 14.3. The van der Waals surface area contributed by atoms with Gasteiger partial charge in [0.1, 0.15) is 11.5 Å². The van der Waals surface area contributed by atoms with Crippen LogP contribution in [-0.2, 0) is 10.3 Å². The molecule has 0 aliphatic carbocycles. The van der Waals surface area contributed by atoms with E-state index in [9.17, 15) is 14.9 Å². The number of nitro benzene ring substituents is 1. The lowest BCUT2D eigenvalue weighted by Crippen LogP contribution is -2.33. The number of nitrogens with one attached hydrogen (secondary N) is 1. The molecule has 8 heteroatoms. The van der Waals surface area contributed by atoms with Gasteiger partial charge >= 0.3 is 5.97 Å². The molecule has 0 saturated heterocycles. The van der Waals surface area contributed by atoms with Crippen LogP contribution in [0.3, 0.4) is 0 Å². The van der Waals surface area contributed by atoms with E-state index < -0.39 is 10.5 Å². The van der Waals surface area contributed by atoms with Gasteiger partial charge in [0.25, 0.3) is 5.69 Å². The van der Waals surface area contributed by atoms with E-state index >= 15 is 0 Å². The van der Waals surface area contributed by atoms with Crippen LogP contribution < -0.4 is 15.0 Å². The Kier molecular flexibility index (Phi) is 5.52. The molecule has 1 atom stereocenters. The number of carbonyl (C=O) groups excluding carboxylic acids is 1. The molecule has 2 aliphatic rings. The second-order valence-corrected chi connectivity index (χ2v) is 9.21. The first kappa shape index (κ1) is 23.5. The zero-order valence-corrected chi connectivity index (χ0v) is 20.9. The van der Waals surface area contributed by atoms with Crippen molar-refractivity contribution in [2.75, 3.05) is 23.3 Å². The van der Waals surface area contributed by atoms with E-state index in [1.807, 2.05) is 54.6 Å². The minimum absolute atomic E-state index is 0.0171. The Morgan fingerprint density at radius 2 is 1.58 bits per heavy atom. The highest BCUT2D eigenvalue weighted by Crippen LogP contribution is 2.57. The summed E-state index contributed by atoms with van der Waals surface area (Å²) in [7, 11) is 0. The van der Waals surface area contributed by atoms with Gasteiger partial charge in [-0.1, -0.05) is 18.2 Å². The minimum Gasteiger partial charge on any atom is -0.456 e. The van der Waals surface area contributed by atoms with Gasteiger partial charge in [0, 0.05) is 65.0 Å². The maximum atomic E-state index is 13.1. The van der Waals surface area contributed by atoms with E-state index in [2.05, 4.69) is 24.1 Å². The number of hydrogen-bond donors (Lipinski definition) is 1. The fourth-order valence-electron chi connectivity index (χ4n) is 5.36. The molecule has 1 unspecified atom stereocenters. The fraction of sp³-hybridized carbons (Fsp3) is 0.167. The normalized spacial score (nSPS) is 16.6. The second-order valence-electron chi connectivity index (χ2n) is 9.21. The number of carbonyl (C=O) groups is 1. The molecule has 38 heavy (non-hydrogen) atoms. The van der Waals surface area contributed by atoms with Gasteiger partial charge in [-0.15, -0.1) is 0 Å². The van der Waals surface area contributed by atoms with Crippen molar-refractivity contribution in [2.24, 2.45) is 0 Å². The fourth-order valence-corrected chi connectivity index (χ4v) is 5.36. The molecule has 0 radical (unpaired) electrons. The Bertz CT molecular complexity index is 1580. The van der Waals surface area contributed by atoms with Gasteiger partial charge in [-0.25, -0.2) is 4.79 Å². The van der Waals surface area contributed by atoms with Crippen molar-refractivity contribution < 1.29 is 19.2 Å². The van der Waals surface area contributed by atoms with Crippen LogP contribution in [0, 0.1) is 10.1 Å². The maximum absolute atomic E-state index is 13.1. The summed E-state index contributed by atoms with van der Waals surface area (Å²) in [6.45, 7) is 5.92. The molecule has 1 N–H and O–H groups in total. The third-order valence-electron chi connectivity index (χ3n) is 7.19. The van der Waals surface area contributed by atoms with Crippen LogP contribution in [0.25, 0.3) is 0 Å². The van der Waals surface area contributed by atoms with Crippen molar-refractivity contribution in [3.8, 4) is 11.5 Å². The first-order valence-electron chi connectivity index (χ1n) is 12.5. The third kappa shape index (κ3) is 3.56. The van der Waals surface area contributed by atoms with Crippen LogP contribution in [-0.4, -0.2) is 24.0 Å². The lowest BCUT2D eigenvalue weighted by molar-refractivity contribution is -0.384. The van der Waals surface area contributed by atoms with E-state index in [0.717, 1.165) is 35.6 Å². The van der Waals surface area contributed by atoms with Crippen LogP contribution in [0.1, 0.15) is 40.9 Å². The Labute approximate surface area is 219 Å². The summed E-state index contributed by atoms with van der Waals surface area (Å²) in [5.41, 5.74) is 4.03. The molecule has 0 aromatic heterocycles. The Morgan fingerprint density at radius 1 is 0.842 bits per heavy atom. The number of hydrogen-bond acceptors (Lipinski definition) is 7. The van der Waals surface area contributed by atoms with E-state index in [0.29, 0.717) is 28.3 Å². The summed E-state index contributed by atoms with van der Waals surface area (Å²) < 4.78 is 12.7. The smallest absolute Gasteiger partial charge is 0.340 e. The summed E-state index contributed by atoms with van der Waals surface area (Å²) in [6, 6.07) is 25.3. The minimum atomic E-state index is -1.18. The Balaban J connectivity index is 1.50. The van der Waals surface area contributed by atoms with E-state index in [4.69, 9.17) is 9.47 Å². The van der Waals surface area contributed by atoms with Gasteiger partial charge < -0.3 is 19.7 Å². The summed E-state index contributed by atoms with van der Waals surface area (Å²) >= 11 is 0. The zero-order valence-electron chi connectivity index (χ0n) is 20.9. The molecule has 4 aromatic rings. The zero-order chi connectivity index (χ0) is 26.4. The van der Waals surface area contributed by atoms with Crippen molar-refractivity contribution in [3.63, 3.8) is 0 Å². The van der Waals surface area contributed by atoms with Crippen molar-refractivity contribution in [1.82, 2.24) is 0 Å². The molecular formula is C30H25N3O5. The summed E-state index contributed by atoms with van der Waals surface area (Å²) in [6.07, 6.45) is 0. The summed E-state index contributed by atoms with van der Waals surface area (Å²) in [4.78, 5) is 26.0. The molecular weight excluding hydrogens is 482 g/mol. The average molecular weight is 508 g/mol. The van der Waals surface area contributed by atoms with Gasteiger partial charge in [0.05, 0.1) is 10.5 Å². The van der Waals surface area contributed by atoms with E-state index in [1.165, 1.54) is 12.1 Å². The molecule has 1 spiro atoms. The topological polar surface area (TPSA) is 93.9 Å². The number of nitro groups is 1. The van der Waals surface area contributed by atoms with Gasteiger partial charge in [-0.2, -0.15) is 0 Å². The van der Waals surface area contributed by atoms with Crippen LogP contribution in [0.15, 0.2) is 84.9 Å². The number of esters is 1. The molecule has 0 fully saturated rings. The van der Waals surface area contributed by atoms with Gasteiger partial charge in [-0.3, -0.25) is 10.1 Å². The van der Waals surface area contributed by atoms with Crippen LogP contribution in [0.4, 0.5) is 22.7 Å². The number of non-ortho nitro benzene ring substituents is 1. The highest BCUT2D eigenvalue weighted by Gasteiger charge is 2.53. The first-order valence-corrected chi connectivity index (χ1v) is 12.5. The highest BCUT2D eigenvalue weighted by atomic mass is 16.6. The SMILES string of the molecule is CCN(CC)c1ccc2c(c1)Oc1ccc(Nc3ccc([N+](=O)[O-])cc3)cc1C21OC(=O)c2ccccc21. The number of anilines is 3. The molecule has 8 nitrogen and oxygen atoms in total. The second kappa shape index (κ2) is 8.92. The number of fused-ring (bicyclic) bond motifs is 6. The first-order chi connectivity index (χ1) is 18.4. The van der Waals surface area contributed by atoms with E-state index in [-0.39, 0.29) is 11.7 Å². The number of ether oxygens (including phenoxy) is 2. The van der Waals surface area contributed by atoms with Crippen LogP contribution >= 0.6 is 0 Å². The van der Waals surface area contributed by atoms with Crippen molar-refractivity contribution in [2.45, 2.75) is 19.4 Å². The lowest BCUT2D eigenvalue weighted by Gasteiger charge is -2.37. The molecule has 0 amide bonds. The van der Waals surface area contributed by atoms with Gasteiger partial charge in [0.15, 0.2) is 5.60 Å². The standard InChI is InChI=1S/C30H25N3O5/c1-3-32(4-2)22-14-15-25-28(18-22)37-27-16-11-20(31-19-9-12-21(13-10-19)33(35)36)17-26(27)30(25)24-8-6-5-7-23(24)29(34)38-30/h5-18,31H,3-4H2,1-2H3. The third-order valence-corrected chi connectivity index (χ3v) is 7.19. The molecule has 2 aliphatic heterocycles. The van der Waals surface area contributed by atoms with Crippen molar-refractivity contribution in [3.05, 3.63) is 117 Å². The molecule has 0 saturated carbocycles. The lowest BCUT2D eigenvalue weighted by atomic mass is 9.77. The predicted molar refractivity (Wildman–Crippen MR) is 145 cm³/mol. The van der Waals surface area contributed by atoms with Gasteiger partial charge in [0.2, 0.25) is 0 Å². The monoisotopic (exact) mass is 507 g/mol. The predicted octanol–water partition coefficient (Wildman–Crippen LogP) is 6.75.